The fourth-order valence-corrected chi connectivity index (χ4v) is 3.08. The van der Waals surface area contributed by atoms with Crippen molar-refractivity contribution in [2.45, 2.75) is 26.8 Å². The number of carbonyl (C=O) groups is 2. The maximum absolute atomic E-state index is 12.3. The second-order valence-electron chi connectivity index (χ2n) is 6.23. The minimum absolute atomic E-state index is 0.00638. The minimum Gasteiger partial charge on any atom is -0.339 e. The number of hydrogen-bond acceptors (Lipinski definition) is 3. The van der Waals surface area contributed by atoms with E-state index in [0.717, 1.165) is 5.56 Å². The molecule has 2 N–H and O–H groups in total. The van der Waals surface area contributed by atoms with E-state index in [1.807, 2.05) is 45.0 Å². The summed E-state index contributed by atoms with van der Waals surface area (Å²) in [6, 6.07) is 14.5. The van der Waals surface area contributed by atoms with Gasteiger partial charge in [0.25, 0.3) is 5.91 Å². The Morgan fingerprint density at radius 1 is 1.04 bits per heavy atom. The molecule has 2 rings (SSSR count). The molecule has 0 saturated heterocycles. The highest BCUT2D eigenvalue weighted by Gasteiger charge is 2.13. The molecule has 0 heterocycles. The van der Waals surface area contributed by atoms with E-state index in [-0.39, 0.29) is 24.4 Å². The molecule has 0 saturated carbocycles. The van der Waals surface area contributed by atoms with E-state index in [9.17, 15) is 9.59 Å². The summed E-state index contributed by atoms with van der Waals surface area (Å²) in [6.07, 6.45) is 0. The summed E-state index contributed by atoms with van der Waals surface area (Å²) in [5.41, 5.74) is 2.22. The summed E-state index contributed by atoms with van der Waals surface area (Å²) in [6.45, 7) is 7.36. The standard InChI is InChI=1S/C21H26ClN3O2/c1-4-25(5-2)21(27)16-10-12-17(13-11-16)24-20(26)14-23-15(3)18-8-6-7-9-19(18)22/h6-13,15,23H,4-5,14H2,1-3H3,(H,24,26). The highest BCUT2D eigenvalue weighted by Crippen LogP contribution is 2.21. The lowest BCUT2D eigenvalue weighted by atomic mass is 10.1. The van der Waals surface area contributed by atoms with Gasteiger partial charge < -0.3 is 15.5 Å². The van der Waals surface area contributed by atoms with Crippen LogP contribution in [0.4, 0.5) is 5.69 Å². The Labute approximate surface area is 165 Å². The average molecular weight is 388 g/mol. The quantitative estimate of drug-likeness (QED) is 0.716. The van der Waals surface area contributed by atoms with Gasteiger partial charge in [-0.1, -0.05) is 29.8 Å². The summed E-state index contributed by atoms with van der Waals surface area (Å²) in [4.78, 5) is 26.2. The Morgan fingerprint density at radius 2 is 1.67 bits per heavy atom. The van der Waals surface area contributed by atoms with Crippen molar-refractivity contribution in [1.82, 2.24) is 10.2 Å². The summed E-state index contributed by atoms with van der Waals surface area (Å²) in [5.74, 6) is -0.162. The minimum atomic E-state index is -0.156. The molecule has 0 aromatic heterocycles. The van der Waals surface area contributed by atoms with E-state index in [1.165, 1.54) is 0 Å². The van der Waals surface area contributed by atoms with E-state index in [1.54, 1.807) is 29.2 Å². The van der Waals surface area contributed by atoms with Gasteiger partial charge >= 0.3 is 0 Å². The monoisotopic (exact) mass is 387 g/mol. The lowest BCUT2D eigenvalue weighted by molar-refractivity contribution is -0.115. The number of benzene rings is 2. The smallest absolute Gasteiger partial charge is 0.253 e. The molecule has 2 aromatic rings. The number of carbonyl (C=O) groups excluding carboxylic acids is 2. The summed E-state index contributed by atoms with van der Waals surface area (Å²) in [5, 5.41) is 6.66. The van der Waals surface area contributed by atoms with Gasteiger partial charge in [-0.15, -0.1) is 0 Å². The number of hydrogen-bond donors (Lipinski definition) is 2. The van der Waals surface area contributed by atoms with Crippen molar-refractivity contribution in [2.24, 2.45) is 0 Å². The van der Waals surface area contributed by atoms with Crippen molar-refractivity contribution in [3.05, 3.63) is 64.7 Å². The fourth-order valence-electron chi connectivity index (χ4n) is 2.78. The first-order chi connectivity index (χ1) is 13.0. The number of nitrogens with one attached hydrogen (secondary N) is 2. The first-order valence-electron chi connectivity index (χ1n) is 9.13. The van der Waals surface area contributed by atoms with E-state index in [4.69, 9.17) is 11.6 Å². The van der Waals surface area contributed by atoms with Gasteiger partial charge in [0.1, 0.15) is 0 Å². The van der Waals surface area contributed by atoms with Gasteiger partial charge in [0.05, 0.1) is 6.54 Å². The Morgan fingerprint density at radius 3 is 2.26 bits per heavy atom. The van der Waals surface area contributed by atoms with Crippen molar-refractivity contribution < 1.29 is 9.59 Å². The third kappa shape index (κ3) is 5.81. The molecule has 0 fully saturated rings. The third-order valence-electron chi connectivity index (χ3n) is 4.41. The zero-order chi connectivity index (χ0) is 19.8. The molecule has 2 amide bonds. The predicted molar refractivity (Wildman–Crippen MR) is 110 cm³/mol. The normalized spacial score (nSPS) is 11.7. The first kappa shape index (κ1) is 20.9. The molecule has 0 aliphatic rings. The average Bonchev–Trinajstić information content (AvgIpc) is 2.68. The zero-order valence-corrected chi connectivity index (χ0v) is 16.7. The molecule has 144 valence electrons. The molecule has 0 aliphatic heterocycles. The van der Waals surface area contributed by atoms with Crippen LogP contribution in [0, 0.1) is 0 Å². The molecule has 0 bridgehead atoms. The lowest BCUT2D eigenvalue weighted by Gasteiger charge is -2.18. The number of nitrogens with zero attached hydrogens (tertiary/aromatic N) is 1. The van der Waals surface area contributed by atoms with Gasteiger partial charge in [0.2, 0.25) is 5.91 Å². The van der Waals surface area contributed by atoms with Crippen molar-refractivity contribution >= 4 is 29.1 Å². The van der Waals surface area contributed by atoms with Crippen LogP contribution >= 0.6 is 11.6 Å². The fraction of sp³-hybridized carbons (Fsp3) is 0.333. The summed E-state index contributed by atoms with van der Waals surface area (Å²) >= 11 is 6.18. The number of rotatable bonds is 8. The lowest BCUT2D eigenvalue weighted by Crippen LogP contribution is -2.31. The van der Waals surface area contributed by atoms with Gasteiger partial charge in [0.15, 0.2) is 0 Å². The zero-order valence-electron chi connectivity index (χ0n) is 16.0. The molecule has 2 aromatic carbocycles. The summed E-state index contributed by atoms with van der Waals surface area (Å²) in [7, 11) is 0. The highest BCUT2D eigenvalue weighted by atomic mass is 35.5. The van der Waals surface area contributed by atoms with Crippen LogP contribution in [0.15, 0.2) is 48.5 Å². The van der Waals surface area contributed by atoms with Crippen LogP contribution in [-0.2, 0) is 4.79 Å². The van der Waals surface area contributed by atoms with Crippen LogP contribution in [0.1, 0.15) is 42.7 Å². The van der Waals surface area contributed by atoms with Crippen LogP contribution < -0.4 is 10.6 Å². The second kappa shape index (κ2) is 10.1. The molecule has 27 heavy (non-hydrogen) atoms. The molecule has 0 spiro atoms. The van der Waals surface area contributed by atoms with Gasteiger partial charge in [0, 0.05) is 35.4 Å². The van der Waals surface area contributed by atoms with Crippen LogP contribution in [0.5, 0.6) is 0 Å². The largest absolute Gasteiger partial charge is 0.339 e. The molecular formula is C21H26ClN3O2. The van der Waals surface area contributed by atoms with Crippen molar-refractivity contribution in [3.63, 3.8) is 0 Å². The Hall–Kier alpha value is -2.37. The number of anilines is 1. The van der Waals surface area contributed by atoms with E-state index in [2.05, 4.69) is 10.6 Å². The van der Waals surface area contributed by atoms with E-state index >= 15 is 0 Å². The SMILES string of the molecule is CCN(CC)C(=O)c1ccc(NC(=O)CNC(C)c2ccccc2Cl)cc1. The van der Waals surface area contributed by atoms with Gasteiger partial charge in [-0.2, -0.15) is 0 Å². The molecule has 0 radical (unpaired) electrons. The maximum atomic E-state index is 12.3. The molecule has 1 unspecified atom stereocenters. The highest BCUT2D eigenvalue weighted by molar-refractivity contribution is 6.31. The Bertz CT molecular complexity index is 773. The maximum Gasteiger partial charge on any atom is 0.253 e. The van der Waals surface area contributed by atoms with Gasteiger partial charge in [-0.05, 0) is 56.7 Å². The predicted octanol–water partition coefficient (Wildman–Crippen LogP) is 4.11. The molecule has 5 nitrogen and oxygen atoms in total. The van der Waals surface area contributed by atoms with Crippen molar-refractivity contribution in [3.8, 4) is 0 Å². The first-order valence-corrected chi connectivity index (χ1v) is 9.51. The molecule has 1 atom stereocenters. The van der Waals surface area contributed by atoms with Crippen LogP contribution in [0.3, 0.4) is 0 Å². The molecular weight excluding hydrogens is 362 g/mol. The molecule has 0 aliphatic carbocycles. The van der Waals surface area contributed by atoms with Crippen LogP contribution in [-0.4, -0.2) is 36.3 Å². The van der Waals surface area contributed by atoms with Gasteiger partial charge in [-0.25, -0.2) is 0 Å². The number of amides is 2. The van der Waals surface area contributed by atoms with E-state index in [0.29, 0.717) is 29.4 Å². The third-order valence-corrected chi connectivity index (χ3v) is 4.75. The van der Waals surface area contributed by atoms with E-state index < -0.39 is 0 Å². The van der Waals surface area contributed by atoms with Crippen molar-refractivity contribution in [1.29, 1.82) is 0 Å². The number of halogens is 1. The second-order valence-corrected chi connectivity index (χ2v) is 6.63. The Kier molecular flexibility index (Phi) is 7.82. The molecule has 6 heteroatoms. The van der Waals surface area contributed by atoms with Crippen LogP contribution in [0.2, 0.25) is 5.02 Å². The summed E-state index contributed by atoms with van der Waals surface area (Å²) < 4.78 is 0. The van der Waals surface area contributed by atoms with Crippen molar-refractivity contribution in [2.75, 3.05) is 25.0 Å². The topological polar surface area (TPSA) is 61.4 Å². The van der Waals surface area contributed by atoms with Crippen LogP contribution in [0.25, 0.3) is 0 Å². The van der Waals surface area contributed by atoms with Gasteiger partial charge in [-0.3, -0.25) is 9.59 Å². The Balaban J connectivity index is 1.89.